The second-order valence-corrected chi connectivity index (χ2v) is 8.31. The van der Waals surface area contributed by atoms with E-state index in [1.54, 1.807) is 4.68 Å². The van der Waals surface area contributed by atoms with Gasteiger partial charge in [-0.15, -0.1) is 5.10 Å². The van der Waals surface area contributed by atoms with Crippen LogP contribution in [0.3, 0.4) is 0 Å². The number of amides is 1. The molecule has 7 nitrogen and oxygen atoms in total. The number of tetrazole rings is 1. The molecule has 8 heteroatoms. The fourth-order valence-electron chi connectivity index (χ4n) is 3.49. The maximum Gasteiger partial charge on any atom is 0.237 e. The average Bonchev–Trinajstić information content (AvgIpc) is 3.43. The van der Waals surface area contributed by atoms with Crippen LogP contribution in [0.1, 0.15) is 24.0 Å². The van der Waals surface area contributed by atoms with Crippen LogP contribution in [0.2, 0.25) is 0 Å². The second kappa shape index (κ2) is 9.86. The summed E-state index contributed by atoms with van der Waals surface area (Å²) in [4.78, 5) is 15.0. The van der Waals surface area contributed by atoms with Crippen molar-refractivity contribution in [3.8, 4) is 0 Å². The number of aromatic nitrogens is 4. The van der Waals surface area contributed by atoms with Gasteiger partial charge >= 0.3 is 0 Å². The third kappa shape index (κ3) is 5.25. The van der Waals surface area contributed by atoms with Gasteiger partial charge in [0, 0.05) is 12.3 Å². The number of nitrogens with zero attached hydrogens (tertiary/aromatic N) is 5. The molecule has 1 aromatic heterocycles. The lowest BCUT2D eigenvalue weighted by Gasteiger charge is -2.23. The first-order chi connectivity index (χ1) is 14.7. The quantitative estimate of drug-likeness (QED) is 0.517. The minimum absolute atomic E-state index is 0.0149. The molecular formula is C22H25N5O2S. The van der Waals surface area contributed by atoms with Crippen LogP contribution < -0.4 is 4.90 Å². The summed E-state index contributed by atoms with van der Waals surface area (Å²) in [7, 11) is 0. The summed E-state index contributed by atoms with van der Waals surface area (Å²) in [5.74, 6) is 0.272. The highest BCUT2D eigenvalue weighted by molar-refractivity contribution is 7.99. The summed E-state index contributed by atoms with van der Waals surface area (Å²) in [6.07, 6.45) is 2.23. The van der Waals surface area contributed by atoms with Crippen LogP contribution in [-0.4, -0.2) is 44.6 Å². The number of ether oxygens (including phenoxy) is 1. The van der Waals surface area contributed by atoms with Gasteiger partial charge in [0.15, 0.2) is 0 Å². The van der Waals surface area contributed by atoms with Crippen LogP contribution in [0.15, 0.2) is 59.8 Å². The molecule has 0 aliphatic carbocycles. The van der Waals surface area contributed by atoms with Gasteiger partial charge in [0.2, 0.25) is 11.1 Å². The monoisotopic (exact) mass is 423 g/mol. The molecule has 0 N–H and O–H groups in total. The zero-order chi connectivity index (χ0) is 20.8. The molecule has 4 rings (SSSR count). The molecule has 1 fully saturated rings. The van der Waals surface area contributed by atoms with Gasteiger partial charge in [-0.05, 0) is 53.5 Å². The third-order valence-electron chi connectivity index (χ3n) is 5.02. The predicted molar refractivity (Wildman–Crippen MR) is 116 cm³/mol. The third-order valence-corrected chi connectivity index (χ3v) is 5.96. The first-order valence-corrected chi connectivity index (χ1v) is 11.1. The highest BCUT2D eigenvalue weighted by Crippen LogP contribution is 2.23. The molecule has 0 bridgehead atoms. The van der Waals surface area contributed by atoms with E-state index in [-0.39, 0.29) is 17.8 Å². The van der Waals surface area contributed by atoms with Crippen molar-refractivity contribution in [1.82, 2.24) is 20.2 Å². The van der Waals surface area contributed by atoms with Crippen molar-refractivity contribution in [2.75, 3.05) is 17.3 Å². The molecule has 30 heavy (non-hydrogen) atoms. The first kappa shape index (κ1) is 20.6. The molecule has 0 saturated carbocycles. The molecule has 0 spiro atoms. The maximum atomic E-state index is 13.2. The van der Waals surface area contributed by atoms with E-state index < -0.39 is 0 Å². The van der Waals surface area contributed by atoms with Crippen LogP contribution in [0.5, 0.6) is 0 Å². The van der Waals surface area contributed by atoms with Crippen molar-refractivity contribution in [2.24, 2.45) is 0 Å². The van der Waals surface area contributed by atoms with E-state index in [0.717, 1.165) is 36.3 Å². The molecule has 0 unspecified atom stereocenters. The lowest BCUT2D eigenvalue weighted by Crippen LogP contribution is -2.32. The zero-order valence-electron chi connectivity index (χ0n) is 17.0. The van der Waals surface area contributed by atoms with Crippen LogP contribution in [0, 0.1) is 6.92 Å². The van der Waals surface area contributed by atoms with Crippen molar-refractivity contribution in [2.45, 2.75) is 44.1 Å². The van der Waals surface area contributed by atoms with Crippen molar-refractivity contribution in [1.29, 1.82) is 0 Å². The normalized spacial score (nSPS) is 16.0. The number of benzene rings is 2. The zero-order valence-corrected chi connectivity index (χ0v) is 17.8. The molecule has 1 aliphatic heterocycles. The number of anilines is 1. The molecule has 1 saturated heterocycles. The smallest absolute Gasteiger partial charge is 0.237 e. The summed E-state index contributed by atoms with van der Waals surface area (Å²) in [6, 6.07) is 18.0. The van der Waals surface area contributed by atoms with E-state index in [2.05, 4.69) is 15.5 Å². The van der Waals surface area contributed by atoms with E-state index in [9.17, 15) is 4.79 Å². The van der Waals surface area contributed by atoms with Crippen molar-refractivity contribution < 1.29 is 9.53 Å². The molecule has 1 aliphatic rings. The Morgan fingerprint density at radius 1 is 1.23 bits per heavy atom. The molecule has 156 valence electrons. The topological polar surface area (TPSA) is 73.1 Å². The summed E-state index contributed by atoms with van der Waals surface area (Å²) < 4.78 is 7.42. The molecule has 1 amide bonds. The highest BCUT2D eigenvalue weighted by Gasteiger charge is 2.21. The van der Waals surface area contributed by atoms with Gasteiger partial charge in [0.25, 0.3) is 0 Å². The van der Waals surface area contributed by atoms with Gasteiger partial charge < -0.3 is 9.64 Å². The van der Waals surface area contributed by atoms with Crippen LogP contribution in [-0.2, 0) is 22.6 Å². The highest BCUT2D eigenvalue weighted by atomic mass is 32.2. The van der Waals surface area contributed by atoms with E-state index in [0.29, 0.717) is 18.2 Å². The largest absolute Gasteiger partial charge is 0.376 e. The van der Waals surface area contributed by atoms with Crippen LogP contribution in [0.25, 0.3) is 0 Å². The summed E-state index contributed by atoms with van der Waals surface area (Å²) in [5, 5.41) is 12.6. The molecule has 1 atom stereocenters. The molecule has 2 aromatic carbocycles. The Morgan fingerprint density at radius 2 is 2.10 bits per heavy atom. The fraction of sp³-hybridized carbons (Fsp3) is 0.364. The molecule has 0 radical (unpaired) electrons. The van der Waals surface area contributed by atoms with E-state index >= 15 is 0 Å². The number of aryl methyl sites for hydroxylation is 1. The van der Waals surface area contributed by atoms with E-state index in [4.69, 9.17) is 4.74 Å². The predicted octanol–water partition coefficient (Wildman–Crippen LogP) is 3.49. The Labute approximate surface area is 180 Å². The summed E-state index contributed by atoms with van der Waals surface area (Å²) in [5.41, 5.74) is 3.09. The van der Waals surface area contributed by atoms with Gasteiger partial charge in [-0.25, -0.2) is 4.68 Å². The Kier molecular flexibility index (Phi) is 6.76. The van der Waals surface area contributed by atoms with Gasteiger partial charge in [-0.1, -0.05) is 54.2 Å². The maximum absolute atomic E-state index is 13.2. The van der Waals surface area contributed by atoms with E-state index in [1.807, 2.05) is 66.4 Å². The number of carbonyl (C=O) groups is 1. The number of thioether (sulfide) groups is 1. The van der Waals surface area contributed by atoms with Gasteiger partial charge in [-0.2, -0.15) is 0 Å². The van der Waals surface area contributed by atoms with Crippen LogP contribution in [0.4, 0.5) is 5.69 Å². The van der Waals surface area contributed by atoms with E-state index in [1.165, 1.54) is 11.8 Å². The lowest BCUT2D eigenvalue weighted by molar-refractivity contribution is -0.116. The Balaban J connectivity index is 1.46. The SMILES string of the molecule is Cc1cccc(N(Cc2ccccc2)C(=O)CSc2nnnn2C[C@H]2CCCO2)c1. The number of carbonyl (C=O) groups excluding carboxylic acids is 1. The minimum Gasteiger partial charge on any atom is -0.376 e. The Hall–Kier alpha value is -2.71. The molecular weight excluding hydrogens is 398 g/mol. The lowest BCUT2D eigenvalue weighted by atomic mass is 10.1. The first-order valence-electron chi connectivity index (χ1n) is 10.1. The molecule has 3 aromatic rings. The van der Waals surface area contributed by atoms with Crippen molar-refractivity contribution in [3.05, 3.63) is 65.7 Å². The summed E-state index contributed by atoms with van der Waals surface area (Å²) in [6.45, 7) is 3.96. The molecule has 2 heterocycles. The van der Waals surface area contributed by atoms with Gasteiger partial charge in [-0.3, -0.25) is 4.79 Å². The Bertz CT molecular complexity index is 972. The van der Waals surface area contributed by atoms with Crippen molar-refractivity contribution in [3.63, 3.8) is 0 Å². The standard InChI is InChI=1S/C22H25N5O2S/c1-17-7-5-10-19(13-17)26(14-18-8-3-2-4-9-18)21(28)16-30-22-23-24-25-27(22)15-20-11-6-12-29-20/h2-5,7-10,13,20H,6,11-12,14-16H2,1H3/t20-/m1/s1. The number of hydrogen-bond acceptors (Lipinski definition) is 6. The fourth-order valence-corrected chi connectivity index (χ4v) is 4.25. The summed E-state index contributed by atoms with van der Waals surface area (Å²) >= 11 is 1.36. The average molecular weight is 424 g/mol. The van der Waals surface area contributed by atoms with Crippen LogP contribution >= 0.6 is 11.8 Å². The second-order valence-electron chi connectivity index (χ2n) is 7.37. The van der Waals surface area contributed by atoms with Crippen molar-refractivity contribution >= 4 is 23.4 Å². The van der Waals surface area contributed by atoms with Gasteiger partial charge in [0.1, 0.15) is 0 Å². The minimum atomic E-state index is 0.0149. The Morgan fingerprint density at radius 3 is 2.87 bits per heavy atom. The van der Waals surface area contributed by atoms with Gasteiger partial charge in [0.05, 0.1) is 24.9 Å². The number of hydrogen-bond donors (Lipinski definition) is 0. The number of rotatable bonds is 8.